The maximum Gasteiger partial charge on any atom is 0.167 e. The molecule has 10 nitrogen and oxygen atoms in total. The first-order valence-electron chi connectivity index (χ1n) is 19.4. The van der Waals surface area contributed by atoms with E-state index >= 15 is 0 Å². The van der Waals surface area contributed by atoms with Crippen LogP contribution in [0.4, 0.5) is 0 Å². The standard InChI is InChI=1S/C43H54N10/c1-49-24-28-51(29-25-49)22-8-6-20-44-32-35-12-16-37(17-13-35)41-40-34-46-53(39-10-4-3-5-11-39)43(40)48-42(47-41)38-18-14-36(15-19-38)33-45-21-7-9-23-52-30-26-50(2)27-31-52/h3-5,10-19,32-34H,6-9,20-31H2,1-2H3. The van der Waals surface area contributed by atoms with Crippen LogP contribution in [0.3, 0.4) is 0 Å². The molecule has 3 aromatic carbocycles. The monoisotopic (exact) mass is 710 g/mol. The highest BCUT2D eigenvalue weighted by Gasteiger charge is 2.17. The van der Waals surface area contributed by atoms with Crippen LogP contribution < -0.4 is 0 Å². The maximum absolute atomic E-state index is 5.14. The van der Waals surface area contributed by atoms with Crippen LogP contribution in [0.15, 0.2) is 95.0 Å². The highest BCUT2D eigenvalue weighted by Crippen LogP contribution is 2.30. The zero-order valence-electron chi connectivity index (χ0n) is 31.5. The molecule has 0 amide bonds. The van der Waals surface area contributed by atoms with Crippen molar-refractivity contribution in [2.45, 2.75) is 25.7 Å². The minimum Gasteiger partial charge on any atom is -0.304 e. The van der Waals surface area contributed by atoms with Gasteiger partial charge in [0.1, 0.15) is 0 Å². The van der Waals surface area contributed by atoms with Crippen LogP contribution in [0.25, 0.3) is 39.4 Å². The van der Waals surface area contributed by atoms with Crippen molar-refractivity contribution < 1.29 is 0 Å². The lowest BCUT2D eigenvalue weighted by molar-refractivity contribution is 0.152. The van der Waals surface area contributed by atoms with Gasteiger partial charge in [0.15, 0.2) is 11.5 Å². The van der Waals surface area contributed by atoms with E-state index in [1.165, 1.54) is 78.3 Å². The molecule has 0 atom stereocenters. The number of unbranched alkanes of at least 4 members (excludes halogenated alkanes) is 2. The number of aliphatic imine (C=N–C) groups is 2. The molecule has 2 saturated heterocycles. The van der Waals surface area contributed by atoms with Crippen molar-refractivity contribution in [1.29, 1.82) is 0 Å². The normalized spacial score (nSPS) is 16.8. The van der Waals surface area contributed by atoms with Crippen molar-refractivity contribution in [1.82, 2.24) is 39.3 Å². The van der Waals surface area contributed by atoms with Crippen LogP contribution in [0.5, 0.6) is 0 Å². The summed E-state index contributed by atoms with van der Waals surface area (Å²) in [4.78, 5) is 29.6. The van der Waals surface area contributed by atoms with Gasteiger partial charge in [0, 0.05) is 89.0 Å². The molecular weight excluding hydrogens is 657 g/mol. The number of fused-ring (bicyclic) bond motifs is 1. The molecule has 0 unspecified atom stereocenters. The van der Waals surface area contributed by atoms with Gasteiger partial charge in [-0.25, -0.2) is 14.6 Å². The van der Waals surface area contributed by atoms with Crippen LogP contribution >= 0.6 is 0 Å². The summed E-state index contributed by atoms with van der Waals surface area (Å²) in [5.74, 6) is 0.666. The van der Waals surface area contributed by atoms with Gasteiger partial charge in [-0.3, -0.25) is 9.98 Å². The summed E-state index contributed by atoms with van der Waals surface area (Å²) < 4.78 is 1.90. The molecule has 2 fully saturated rings. The molecule has 0 aliphatic carbocycles. The number of para-hydroxylation sites is 1. The number of hydrogen-bond acceptors (Lipinski definition) is 9. The Morgan fingerprint density at radius 3 is 1.66 bits per heavy atom. The first-order valence-corrected chi connectivity index (χ1v) is 19.4. The second-order valence-corrected chi connectivity index (χ2v) is 14.5. The molecule has 2 aromatic heterocycles. The molecule has 4 heterocycles. The first kappa shape index (κ1) is 36.7. The second-order valence-electron chi connectivity index (χ2n) is 14.5. The molecule has 0 N–H and O–H groups in total. The van der Waals surface area contributed by atoms with E-state index < -0.39 is 0 Å². The van der Waals surface area contributed by atoms with Gasteiger partial charge in [0.05, 0.1) is 23.0 Å². The lowest BCUT2D eigenvalue weighted by Gasteiger charge is -2.32. The minimum absolute atomic E-state index is 0.666. The molecule has 5 aromatic rings. The number of hydrogen-bond donors (Lipinski definition) is 0. The van der Waals surface area contributed by atoms with Crippen molar-refractivity contribution in [3.8, 4) is 28.3 Å². The highest BCUT2D eigenvalue weighted by atomic mass is 15.3. The van der Waals surface area contributed by atoms with E-state index in [4.69, 9.17) is 25.1 Å². The summed E-state index contributed by atoms with van der Waals surface area (Å²) in [5, 5.41) is 5.68. The number of likely N-dealkylation sites (N-methyl/N-ethyl adjacent to an activating group) is 2. The van der Waals surface area contributed by atoms with E-state index in [1.54, 1.807) is 0 Å². The Kier molecular flexibility index (Phi) is 12.8. The van der Waals surface area contributed by atoms with Crippen molar-refractivity contribution in [2.75, 3.05) is 92.6 Å². The number of aromatic nitrogens is 4. The third-order valence-corrected chi connectivity index (χ3v) is 10.5. The number of nitrogens with zero attached hydrogens (tertiary/aromatic N) is 10. The van der Waals surface area contributed by atoms with Crippen LogP contribution in [0.2, 0.25) is 0 Å². The Balaban J connectivity index is 1.01. The van der Waals surface area contributed by atoms with Crippen LogP contribution in [-0.2, 0) is 0 Å². The third kappa shape index (κ3) is 10.1. The molecule has 0 bridgehead atoms. The molecular formula is C43H54N10. The number of piperazine rings is 2. The van der Waals surface area contributed by atoms with Gasteiger partial charge in [-0.2, -0.15) is 5.10 Å². The fraction of sp³-hybridized carbons (Fsp3) is 0.419. The molecule has 2 aliphatic rings. The van der Waals surface area contributed by atoms with Gasteiger partial charge in [0.2, 0.25) is 0 Å². The van der Waals surface area contributed by atoms with Gasteiger partial charge in [-0.15, -0.1) is 0 Å². The quantitative estimate of drug-likeness (QED) is 0.0969. The summed E-state index contributed by atoms with van der Waals surface area (Å²) in [6.07, 6.45) is 10.5. The largest absolute Gasteiger partial charge is 0.304 e. The van der Waals surface area contributed by atoms with E-state index in [9.17, 15) is 0 Å². The second kappa shape index (κ2) is 18.4. The van der Waals surface area contributed by atoms with E-state index in [-0.39, 0.29) is 0 Å². The first-order chi connectivity index (χ1) is 26.1. The van der Waals surface area contributed by atoms with Crippen LogP contribution in [0, 0.1) is 0 Å². The molecule has 53 heavy (non-hydrogen) atoms. The van der Waals surface area contributed by atoms with Crippen molar-refractivity contribution in [3.05, 3.63) is 96.2 Å². The topological polar surface area (TPSA) is 81.3 Å². The predicted octanol–water partition coefficient (Wildman–Crippen LogP) is 6.04. The summed E-state index contributed by atoms with van der Waals surface area (Å²) in [6.45, 7) is 13.5. The maximum atomic E-state index is 5.14. The van der Waals surface area contributed by atoms with Gasteiger partial charge in [-0.05, 0) is 76.1 Å². The number of rotatable bonds is 15. The zero-order chi connectivity index (χ0) is 36.2. The molecule has 276 valence electrons. The van der Waals surface area contributed by atoms with Crippen LogP contribution in [0.1, 0.15) is 36.8 Å². The summed E-state index contributed by atoms with van der Waals surface area (Å²) in [6, 6.07) is 27.1. The average molecular weight is 711 g/mol. The van der Waals surface area contributed by atoms with Gasteiger partial charge >= 0.3 is 0 Å². The molecule has 0 spiro atoms. The SMILES string of the molecule is CN1CCN(CCCCN=Cc2ccc(-c3nc(-c4ccc(C=NCCCCN5CCN(C)CC5)cc4)c4cnn(-c5ccccc5)c4n3)cc2)CC1. The zero-order valence-corrected chi connectivity index (χ0v) is 31.5. The minimum atomic E-state index is 0.666. The Morgan fingerprint density at radius 2 is 1.11 bits per heavy atom. The van der Waals surface area contributed by atoms with Gasteiger partial charge in [0.25, 0.3) is 0 Å². The molecule has 2 aliphatic heterocycles. The van der Waals surface area contributed by atoms with Crippen LogP contribution in [-0.4, -0.2) is 144 Å². The van der Waals surface area contributed by atoms with E-state index in [1.807, 2.05) is 41.5 Å². The summed E-state index contributed by atoms with van der Waals surface area (Å²) >= 11 is 0. The van der Waals surface area contributed by atoms with E-state index in [0.29, 0.717) is 5.82 Å². The van der Waals surface area contributed by atoms with Gasteiger partial charge in [-0.1, -0.05) is 66.7 Å². The summed E-state index contributed by atoms with van der Waals surface area (Å²) in [5.41, 5.74) is 6.74. The van der Waals surface area contributed by atoms with E-state index in [0.717, 1.165) is 70.6 Å². The highest BCUT2D eigenvalue weighted by molar-refractivity contribution is 5.93. The fourth-order valence-corrected chi connectivity index (χ4v) is 7.02. The fourth-order valence-electron chi connectivity index (χ4n) is 7.02. The third-order valence-electron chi connectivity index (χ3n) is 10.5. The van der Waals surface area contributed by atoms with Crippen molar-refractivity contribution in [3.63, 3.8) is 0 Å². The molecule has 7 rings (SSSR count). The Labute approximate surface area is 314 Å². The van der Waals surface area contributed by atoms with E-state index in [2.05, 4.69) is 94.4 Å². The average Bonchev–Trinajstić information content (AvgIpc) is 3.64. The number of benzene rings is 3. The Bertz CT molecular complexity index is 1920. The molecule has 0 saturated carbocycles. The van der Waals surface area contributed by atoms with Crippen molar-refractivity contribution in [2.24, 2.45) is 9.98 Å². The lowest BCUT2D eigenvalue weighted by atomic mass is 10.1. The Morgan fingerprint density at radius 1 is 0.585 bits per heavy atom. The smallest absolute Gasteiger partial charge is 0.167 e. The van der Waals surface area contributed by atoms with Gasteiger partial charge < -0.3 is 19.6 Å². The lowest BCUT2D eigenvalue weighted by Crippen LogP contribution is -2.44. The summed E-state index contributed by atoms with van der Waals surface area (Å²) in [7, 11) is 4.41. The predicted molar refractivity (Wildman–Crippen MR) is 219 cm³/mol. The van der Waals surface area contributed by atoms with Crippen molar-refractivity contribution >= 4 is 23.5 Å². The Hall–Kier alpha value is -4.61. The molecule has 10 heteroatoms. The molecule has 0 radical (unpaired) electrons.